The lowest BCUT2D eigenvalue weighted by Crippen LogP contribution is -2.23. The van der Waals surface area contributed by atoms with Crippen molar-refractivity contribution in [1.82, 2.24) is 29.7 Å². The molecule has 1 aliphatic carbocycles. The van der Waals surface area contributed by atoms with Crippen molar-refractivity contribution in [3.63, 3.8) is 0 Å². The van der Waals surface area contributed by atoms with Gasteiger partial charge in [-0.3, -0.25) is 9.20 Å². The largest absolute Gasteiger partial charge is 0.380 e. The molecule has 1 aromatic carbocycles. The highest BCUT2D eigenvalue weighted by molar-refractivity contribution is 7.17. The number of aliphatic hydroxyl groups excluding tert-OH is 1. The van der Waals surface area contributed by atoms with Gasteiger partial charge in [-0.15, -0.1) is 23.0 Å². The van der Waals surface area contributed by atoms with Crippen LogP contribution in [-0.2, 0) is 0 Å². The molecule has 1 fully saturated rings. The number of fused-ring (bicyclic) bond motifs is 1. The molecule has 4 aromatic rings. The quantitative estimate of drug-likeness (QED) is 0.448. The second-order valence-electron chi connectivity index (χ2n) is 7.26. The first kappa shape index (κ1) is 18.7. The van der Waals surface area contributed by atoms with Crippen LogP contribution in [-0.4, -0.2) is 41.9 Å². The molecule has 3 aromatic heterocycles. The van der Waals surface area contributed by atoms with Crippen LogP contribution in [0.4, 0.5) is 0 Å². The summed E-state index contributed by atoms with van der Waals surface area (Å²) in [6.45, 7) is 4.01. The van der Waals surface area contributed by atoms with E-state index < -0.39 is 6.10 Å². The Labute approximate surface area is 176 Å². The van der Waals surface area contributed by atoms with Gasteiger partial charge < -0.3 is 10.4 Å². The molecule has 1 atom stereocenters. The molecule has 8 nitrogen and oxygen atoms in total. The summed E-state index contributed by atoms with van der Waals surface area (Å²) in [5.74, 6) is 0.347. The Morgan fingerprint density at radius 3 is 2.90 bits per heavy atom. The number of thiazole rings is 1. The van der Waals surface area contributed by atoms with Gasteiger partial charge in [0.2, 0.25) is 0 Å². The molecule has 0 saturated heterocycles. The van der Waals surface area contributed by atoms with Gasteiger partial charge in [0.05, 0.1) is 23.8 Å². The molecular formula is C21H20N6O2S. The number of imidazole rings is 1. The highest BCUT2D eigenvalue weighted by atomic mass is 32.1. The van der Waals surface area contributed by atoms with E-state index in [1.54, 1.807) is 58.9 Å². The lowest BCUT2D eigenvalue weighted by Gasteiger charge is -2.09. The average molecular weight is 420 g/mol. The number of benzene rings is 1. The van der Waals surface area contributed by atoms with Crippen molar-refractivity contribution in [2.45, 2.75) is 24.9 Å². The van der Waals surface area contributed by atoms with Gasteiger partial charge >= 0.3 is 0 Å². The first-order chi connectivity index (χ1) is 14.7. The van der Waals surface area contributed by atoms with Crippen molar-refractivity contribution < 1.29 is 9.90 Å². The molecule has 0 spiro atoms. The van der Waals surface area contributed by atoms with Crippen LogP contribution >= 0.6 is 11.3 Å². The zero-order chi connectivity index (χ0) is 20.7. The predicted octanol–water partition coefficient (Wildman–Crippen LogP) is 2.85. The van der Waals surface area contributed by atoms with Crippen molar-refractivity contribution >= 4 is 22.1 Å². The minimum Gasteiger partial charge on any atom is -0.380 e. The number of nitrogens with one attached hydrogen (secondary N) is 1. The minimum atomic E-state index is -0.888. The molecule has 30 heavy (non-hydrogen) atoms. The molecule has 0 radical (unpaired) electrons. The summed E-state index contributed by atoms with van der Waals surface area (Å²) in [6, 6.07) is 7.04. The number of amides is 1. The third-order valence-corrected chi connectivity index (χ3v) is 6.40. The highest BCUT2D eigenvalue weighted by Gasteiger charge is 2.33. The molecule has 1 aliphatic rings. The summed E-state index contributed by atoms with van der Waals surface area (Å²) in [7, 11) is 0. The predicted molar refractivity (Wildman–Crippen MR) is 113 cm³/mol. The highest BCUT2D eigenvalue weighted by Crippen LogP contribution is 2.47. The van der Waals surface area contributed by atoms with Crippen LogP contribution in [0.3, 0.4) is 0 Å². The van der Waals surface area contributed by atoms with Gasteiger partial charge in [-0.1, -0.05) is 11.3 Å². The molecule has 1 unspecified atom stereocenters. The van der Waals surface area contributed by atoms with Crippen LogP contribution in [0.2, 0.25) is 0 Å². The molecular weight excluding hydrogens is 400 g/mol. The van der Waals surface area contributed by atoms with Gasteiger partial charge in [-0.25, -0.2) is 9.67 Å². The zero-order valence-electron chi connectivity index (χ0n) is 16.1. The summed E-state index contributed by atoms with van der Waals surface area (Å²) >= 11 is 1.68. The summed E-state index contributed by atoms with van der Waals surface area (Å²) in [6.07, 6.45) is 8.31. The van der Waals surface area contributed by atoms with Crippen molar-refractivity contribution in [1.29, 1.82) is 0 Å². The lowest BCUT2D eigenvalue weighted by molar-refractivity contribution is 0.0958. The summed E-state index contributed by atoms with van der Waals surface area (Å²) in [5.41, 5.74) is 2.60. The first-order valence-corrected chi connectivity index (χ1v) is 10.5. The second kappa shape index (κ2) is 7.51. The number of aliphatic hydroxyl groups is 1. The molecule has 0 aliphatic heterocycles. The maximum absolute atomic E-state index is 12.0. The van der Waals surface area contributed by atoms with Crippen molar-refractivity contribution in [3.05, 3.63) is 77.5 Å². The van der Waals surface area contributed by atoms with E-state index in [2.05, 4.69) is 27.2 Å². The SMILES string of the molecule is C=CCNC(=O)c1ccc(-n2cc(C(O)c3c(C4CC4)sc4cncn34)nn2)cc1. The third kappa shape index (κ3) is 3.31. The number of nitrogens with zero attached hydrogens (tertiary/aromatic N) is 5. The van der Waals surface area contributed by atoms with Crippen LogP contribution in [0.5, 0.6) is 0 Å². The van der Waals surface area contributed by atoms with Gasteiger partial charge in [-0.05, 0) is 43.0 Å². The number of carbonyl (C=O) groups is 1. The Balaban J connectivity index is 1.41. The van der Waals surface area contributed by atoms with E-state index >= 15 is 0 Å². The third-order valence-electron chi connectivity index (χ3n) is 5.13. The van der Waals surface area contributed by atoms with E-state index in [-0.39, 0.29) is 5.91 Å². The fourth-order valence-corrected chi connectivity index (χ4v) is 4.73. The second-order valence-corrected chi connectivity index (χ2v) is 8.33. The molecule has 9 heteroatoms. The van der Waals surface area contributed by atoms with E-state index in [0.29, 0.717) is 23.7 Å². The van der Waals surface area contributed by atoms with E-state index in [9.17, 15) is 9.90 Å². The summed E-state index contributed by atoms with van der Waals surface area (Å²) < 4.78 is 3.54. The van der Waals surface area contributed by atoms with Crippen molar-refractivity contribution in [3.8, 4) is 5.69 Å². The minimum absolute atomic E-state index is 0.162. The summed E-state index contributed by atoms with van der Waals surface area (Å²) in [4.78, 5) is 18.4. The van der Waals surface area contributed by atoms with E-state index in [0.717, 1.165) is 29.1 Å². The van der Waals surface area contributed by atoms with Crippen LogP contribution in [0, 0.1) is 0 Å². The smallest absolute Gasteiger partial charge is 0.251 e. The van der Waals surface area contributed by atoms with Crippen molar-refractivity contribution in [2.24, 2.45) is 0 Å². The van der Waals surface area contributed by atoms with Gasteiger partial charge in [0, 0.05) is 17.0 Å². The standard InChI is InChI=1S/C21H20N6O2S/c1-2-9-23-21(29)14-5-7-15(8-6-14)27-11-16(24-25-27)19(28)18-20(13-3-4-13)30-17-10-22-12-26(17)18/h2,5-8,10-13,19,28H,1,3-4,9H2,(H,23,29). The Hall–Kier alpha value is -3.30. The molecule has 152 valence electrons. The fourth-order valence-electron chi connectivity index (χ4n) is 3.43. The Morgan fingerprint density at radius 2 is 2.17 bits per heavy atom. The van der Waals surface area contributed by atoms with Crippen LogP contribution in [0.15, 0.2) is 55.6 Å². The Kier molecular flexibility index (Phi) is 4.68. The Morgan fingerprint density at radius 1 is 1.37 bits per heavy atom. The molecule has 3 heterocycles. The zero-order valence-corrected chi connectivity index (χ0v) is 16.9. The average Bonchev–Trinajstić information content (AvgIpc) is 3.16. The number of hydrogen-bond donors (Lipinski definition) is 2. The van der Waals surface area contributed by atoms with Gasteiger partial charge in [-0.2, -0.15) is 0 Å². The van der Waals surface area contributed by atoms with Gasteiger partial charge in [0.15, 0.2) is 0 Å². The maximum Gasteiger partial charge on any atom is 0.251 e. The molecule has 0 bridgehead atoms. The topological polar surface area (TPSA) is 97.3 Å². The van der Waals surface area contributed by atoms with E-state index in [1.807, 2.05) is 10.6 Å². The molecule has 1 saturated carbocycles. The van der Waals surface area contributed by atoms with Crippen molar-refractivity contribution in [2.75, 3.05) is 6.54 Å². The van der Waals surface area contributed by atoms with Crippen LogP contribution in [0.25, 0.3) is 10.5 Å². The van der Waals surface area contributed by atoms with E-state index in [4.69, 9.17) is 0 Å². The number of carbonyl (C=O) groups excluding carboxylic acids is 1. The summed E-state index contributed by atoms with van der Waals surface area (Å²) in [5, 5.41) is 22.2. The molecule has 5 rings (SSSR count). The Bertz CT molecular complexity index is 1220. The molecule has 1 amide bonds. The number of aromatic nitrogens is 5. The van der Waals surface area contributed by atoms with Gasteiger partial charge in [0.1, 0.15) is 23.0 Å². The van der Waals surface area contributed by atoms with E-state index in [1.165, 1.54) is 4.88 Å². The van der Waals surface area contributed by atoms with Crippen LogP contribution in [0.1, 0.15) is 51.5 Å². The van der Waals surface area contributed by atoms with Crippen LogP contribution < -0.4 is 5.32 Å². The normalized spacial score (nSPS) is 14.7. The lowest BCUT2D eigenvalue weighted by atomic mass is 10.1. The number of hydrogen-bond acceptors (Lipinski definition) is 6. The monoisotopic (exact) mass is 420 g/mol. The first-order valence-electron chi connectivity index (χ1n) is 9.70. The number of rotatable bonds is 7. The molecule has 2 N–H and O–H groups in total. The van der Waals surface area contributed by atoms with Gasteiger partial charge in [0.25, 0.3) is 5.91 Å². The fraction of sp³-hybridized carbons (Fsp3) is 0.238. The maximum atomic E-state index is 12.0.